The number of sulfone groups is 1. The van der Waals surface area contributed by atoms with Crippen molar-refractivity contribution in [2.45, 2.75) is 26.7 Å². The van der Waals surface area contributed by atoms with E-state index in [0.29, 0.717) is 13.0 Å². The molecule has 4 nitrogen and oxygen atoms in total. The van der Waals surface area contributed by atoms with Crippen molar-refractivity contribution >= 4 is 27.4 Å². The molecule has 0 aliphatic heterocycles. The van der Waals surface area contributed by atoms with Crippen LogP contribution in [0.4, 0.5) is 0 Å². The Kier molecular flexibility index (Phi) is 7.30. The smallest absolute Gasteiger partial charge is 0.305 e. The van der Waals surface area contributed by atoms with Crippen LogP contribution in [0.5, 0.6) is 0 Å². The highest BCUT2D eigenvalue weighted by Crippen LogP contribution is 2.18. The molecule has 0 aromatic rings. The van der Waals surface area contributed by atoms with Gasteiger partial charge in [0.15, 0.2) is 9.84 Å². The van der Waals surface area contributed by atoms with Gasteiger partial charge in [0.25, 0.3) is 0 Å². The molecule has 0 heterocycles. The van der Waals surface area contributed by atoms with Gasteiger partial charge in [-0.1, -0.05) is 18.5 Å². The van der Waals surface area contributed by atoms with E-state index in [1.807, 2.05) is 0 Å². The molecule has 1 atom stereocenters. The van der Waals surface area contributed by atoms with E-state index in [0.717, 1.165) is 0 Å². The molecule has 0 spiro atoms. The summed E-state index contributed by atoms with van der Waals surface area (Å²) in [5.74, 6) is -0.690. The summed E-state index contributed by atoms with van der Waals surface area (Å²) in [6, 6.07) is 0. The van der Waals surface area contributed by atoms with Crippen molar-refractivity contribution in [2.24, 2.45) is 5.92 Å². The highest BCUT2D eigenvalue weighted by atomic mass is 35.5. The first-order chi connectivity index (χ1) is 7.83. The van der Waals surface area contributed by atoms with Crippen LogP contribution >= 0.6 is 11.6 Å². The van der Waals surface area contributed by atoms with Gasteiger partial charge in [0.1, 0.15) is 10.3 Å². The molecule has 0 saturated heterocycles. The van der Waals surface area contributed by atoms with E-state index in [9.17, 15) is 13.2 Å². The Balaban J connectivity index is 4.31. The molecule has 0 rings (SSSR count). The second-order valence-corrected chi connectivity index (χ2v) is 6.36. The molecule has 6 heteroatoms. The molecule has 0 aromatic carbocycles. The zero-order valence-electron chi connectivity index (χ0n) is 10.1. The van der Waals surface area contributed by atoms with Gasteiger partial charge in [-0.2, -0.15) is 0 Å². The van der Waals surface area contributed by atoms with Crippen LogP contribution in [0.3, 0.4) is 0 Å². The summed E-state index contributed by atoms with van der Waals surface area (Å²) in [7, 11) is -3.37. The predicted molar refractivity (Wildman–Crippen MR) is 68.1 cm³/mol. The zero-order chi connectivity index (χ0) is 13.5. The van der Waals surface area contributed by atoms with Crippen molar-refractivity contribution < 1.29 is 17.9 Å². The fourth-order valence-electron chi connectivity index (χ4n) is 1.05. The van der Waals surface area contributed by atoms with E-state index in [-0.39, 0.29) is 28.4 Å². The average Bonchev–Trinajstić information content (AvgIpc) is 2.26. The van der Waals surface area contributed by atoms with E-state index < -0.39 is 9.84 Å². The fourth-order valence-corrected chi connectivity index (χ4v) is 2.23. The maximum atomic E-state index is 11.4. The Hall–Kier alpha value is -0.680. The summed E-state index contributed by atoms with van der Waals surface area (Å²) in [5.41, 5.74) is 0. The second-order valence-electron chi connectivity index (χ2n) is 3.48. The Labute approximate surface area is 108 Å². The molecule has 0 bridgehead atoms. The van der Waals surface area contributed by atoms with E-state index in [2.05, 4.69) is 6.92 Å². The van der Waals surface area contributed by atoms with Gasteiger partial charge in [-0.25, -0.2) is 8.42 Å². The van der Waals surface area contributed by atoms with E-state index >= 15 is 0 Å². The molecule has 0 radical (unpaired) electrons. The van der Waals surface area contributed by atoms with Gasteiger partial charge in [0.05, 0.1) is 25.7 Å². The fraction of sp³-hybridized carbons (Fsp3) is 0.636. The number of carbonyl (C=O) groups excluding carboxylic acids is 1. The quantitative estimate of drug-likeness (QED) is 0.531. The predicted octanol–water partition coefficient (Wildman–Crippen LogP) is 2.29. The number of halogens is 1. The number of ether oxygens (including phenoxy) is 1. The van der Waals surface area contributed by atoms with Gasteiger partial charge in [0.2, 0.25) is 0 Å². The van der Waals surface area contributed by atoms with Crippen LogP contribution in [-0.4, -0.2) is 26.7 Å². The molecule has 1 unspecified atom stereocenters. The minimum absolute atomic E-state index is 0.0487. The average molecular weight is 282 g/mol. The number of carbonyl (C=O) groups is 1. The van der Waals surface area contributed by atoms with Crippen molar-refractivity contribution in [1.29, 1.82) is 0 Å². The third kappa shape index (κ3) is 6.58. The highest BCUT2D eigenvalue weighted by Gasteiger charge is 2.17. The maximum absolute atomic E-state index is 11.4. The summed E-state index contributed by atoms with van der Waals surface area (Å²) in [6.07, 6.45) is 1.97. The lowest BCUT2D eigenvalue weighted by Gasteiger charge is -2.03. The van der Waals surface area contributed by atoms with Crippen molar-refractivity contribution in [3.63, 3.8) is 0 Å². The summed E-state index contributed by atoms with van der Waals surface area (Å²) in [6.45, 7) is 7.30. The third-order valence-corrected chi connectivity index (χ3v) is 4.39. The van der Waals surface area contributed by atoms with Crippen LogP contribution in [0.25, 0.3) is 0 Å². The Morgan fingerprint density at radius 1 is 1.47 bits per heavy atom. The van der Waals surface area contributed by atoms with Crippen molar-refractivity contribution in [2.75, 3.05) is 12.4 Å². The van der Waals surface area contributed by atoms with Crippen molar-refractivity contribution in [3.05, 3.63) is 17.4 Å². The Morgan fingerprint density at radius 2 is 2.06 bits per heavy atom. The van der Waals surface area contributed by atoms with Gasteiger partial charge in [0, 0.05) is 6.42 Å². The third-order valence-electron chi connectivity index (χ3n) is 2.07. The summed E-state index contributed by atoms with van der Waals surface area (Å²) in [5, 5.41) is 0. The molecule has 0 aliphatic rings. The first kappa shape index (κ1) is 16.3. The van der Waals surface area contributed by atoms with E-state index in [1.54, 1.807) is 6.92 Å². The van der Waals surface area contributed by atoms with Crippen LogP contribution in [0, 0.1) is 12.8 Å². The standard InChI is InChI=1S/C11H18ClO4S/c1-4-16-11(13)7-6-9(3)8-10(12)17(14,15)5-2/h8-9H,3-7H2,1-2H3/q+1/b10-8+. The number of rotatable bonds is 7. The summed E-state index contributed by atoms with van der Waals surface area (Å²) < 4.78 is 27.3. The van der Waals surface area contributed by atoms with Crippen molar-refractivity contribution in [1.82, 2.24) is 0 Å². The first-order valence-electron chi connectivity index (χ1n) is 5.42. The van der Waals surface area contributed by atoms with Crippen molar-refractivity contribution in [3.8, 4) is 0 Å². The minimum Gasteiger partial charge on any atom is -0.466 e. The van der Waals surface area contributed by atoms with Gasteiger partial charge in [-0.05, 0) is 13.0 Å². The Morgan fingerprint density at radius 3 is 2.53 bits per heavy atom. The van der Waals surface area contributed by atoms with Crippen LogP contribution in [-0.2, 0) is 19.4 Å². The van der Waals surface area contributed by atoms with Crippen LogP contribution in [0.1, 0.15) is 26.7 Å². The molecular weight excluding hydrogens is 264 g/mol. The van der Waals surface area contributed by atoms with E-state index in [1.165, 1.54) is 13.0 Å². The largest absolute Gasteiger partial charge is 0.466 e. The number of hydrogen-bond donors (Lipinski definition) is 0. The lowest BCUT2D eigenvalue weighted by Crippen LogP contribution is -2.07. The normalized spacial score (nSPS) is 14.4. The molecule has 0 fully saturated rings. The molecule has 0 amide bonds. The van der Waals surface area contributed by atoms with Gasteiger partial charge in [-0.15, -0.1) is 0 Å². The van der Waals surface area contributed by atoms with Crippen LogP contribution < -0.4 is 0 Å². The monoisotopic (exact) mass is 281 g/mol. The molecular formula is C11H18ClO4S+. The molecule has 17 heavy (non-hydrogen) atoms. The molecule has 0 aromatic heterocycles. The minimum atomic E-state index is -3.37. The topological polar surface area (TPSA) is 60.4 Å². The lowest BCUT2D eigenvalue weighted by molar-refractivity contribution is -0.143. The van der Waals surface area contributed by atoms with Crippen LogP contribution in [0.2, 0.25) is 0 Å². The van der Waals surface area contributed by atoms with E-state index in [4.69, 9.17) is 16.3 Å². The molecule has 0 aliphatic carbocycles. The summed E-state index contributed by atoms with van der Waals surface area (Å²) >= 11 is 5.66. The number of esters is 1. The highest BCUT2D eigenvalue weighted by molar-refractivity contribution is 7.96. The number of allylic oxidation sites excluding steroid dienone is 1. The number of hydrogen-bond acceptors (Lipinski definition) is 4. The Bertz CT molecular complexity index is 373. The van der Waals surface area contributed by atoms with Gasteiger partial charge >= 0.3 is 5.97 Å². The molecule has 98 valence electrons. The van der Waals surface area contributed by atoms with Gasteiger partial charge in [-0.3, -0.25) is 4.79 Å². The maximum Gasteiger partial charge on any atom is 0.305 e. The second kappa shape index (κ2) is 7.61. The van der Waals surface area contributed by atoms with Gasteiger partial charge < -0.3 is 4.74 Å². The van der Waals surface area contributed by atoms with Crippen LogP contribution in [0.15, 0.2) is 10.4 Å². The zero-order valence-corrected chi connectivity index (χ0v) is 11.7. The molecule has 0 saturated carbocycles. The summed E-state index contributed by atoms with van der Waals surface area (Å²) in [4.78, 5) is 11.1. The molecule has 0 N–H and O–H groups in total. The lowest BCUT2D eigenvalue weighted by atomic mass is 10.1. The first-order valence-corrected chi connectivity index (χ1v) is 7.45. The SMILES string of the molecule is [CH2+]C(/C=C(\Cl)S(=O)(=O)CC)CCC(=O)OCC.